The zero-order chi connectivity index (χ0) is 20.3. The van der Waals surface area contributed by atoms with Gasteiger partial charge in [-0.05, 0) is 25.5 Å². The Bertz CT molecular complexity index is 1080. The number of nitrogens with zero attached hydrogens (tertiary/aromatic N) is 3. The van der Waals surface area contributed by atoms with Crippen LogP contribution in [0.1, 0.15) is 19.4 Å². The maximum atomic E-state index is 12.5. The average molecular weight is 406 g/mol. The lowest BCUT2D eigenvalue weighted by atomic mass is 10.2. The third-order valence-electron chi connectivity index (χ3n) is 5.06. The summed E-state index contributed by atoms with van der Waals surface area (Å²) in [5.74, 6) is 0.549. The van der Waals surface area contributed by atoms with E-state index in [0.29, 0.717) is 35.2 Å². The van der Waals surface area contributed by atoms with Gasteiger partial charge in [0.2, 0.25) is 5.95 Å². The van der Waals surface area contributed by atoms with Crippen LogP contribution in [0.4, 0.5) is 5.95 Å². The Hall–Kier alpha value is -2.58. The molecule has 0 spiro atoms. The van der Waals surface area contributed by atoms with Crippen molar-refractivity contribution in [1.29, 1.82) is 0 Å². The molecule has 0 atom stereocenters. The van der Waals surface area contributed by atoms with Crippen LogP contribution in [0, 0.1) is 0 Å². The van der Waals surface area contributed by atoms with E-state index < -0.39 is 11.2 Å². The molecule has 0 saturated carbocycles. The Balaban J connectivity index is 2.05. The minimum atomic E-state index is -0.487. The van der Waals surface area contributed by atoms with E-state index in [9.17, 15) is 9.59 Å². The van der Waals surface area contributed by atoms with Crippen molar-refractivity contribution in [3.05, 3.63) is 55.7 Å². The number of aromatic nitrogens is 4. The highest BCUT2D eigenvalue weighted by Crippen LogP contribution is 2.21. The second-order valence-electron chi connectivity index (χ2n) is 6.74. The first-order chi connectivity index (χ1) is 13.5. The number of likely N-dealkylation sites (N-methyl/N-ethyl adjacent to an activating group) is 1. The van der Waals surface area contributed by atoms with Gasteiger partial charge in [0.25, 0.3) is 5.56 Å². The molecule has 2 aromatic heterocycles. The maximum Gasteiger partial charge on any atom is 0.329 e. The normalized spacial score (nSPS) is 11.5. The minimum Gasteiger partial charge on any atom is -0.350 e. The molecule has 0 bridgehead atoms. The first kappa shape index (κ1) is 20.2. The second kappa shape index (κ2) is 8.62. The molecule has 0 radical (unpaired) electrons. The number of nitrogens with one attached hydrogen (secondary N) is 3. The van der Waals surface area contributed by atoms with Gasteiger partial charge >= 0.3 is 5.69 Å². The molecule has 28 heavy (non-hydrogen) atoms. The Morgan fingerprint density at radius 2 is 1.93 bits per heavy atom. The highest BCUT2D eigenvalue weighted by atomic mass is 35.5. The molecule has 9 heteroatoms. The van der Waals surface area contributed by atoms with Gasteiger partial charge < -0.3 is 10.2 Å². The molecule has 0 aliphatic heterocycles. The van der Waals surface area contributed by atoms with Crippen molar-refractivity contribution >= 4 is 28.7 Å². The van der Waals surface area contributed by atoms with Gasteiger partial charge in [-0.1, -0.05) is 29.8 Å². The van der Waals surface area contributed by atoms with Crippen LogP contribution in [0.2, 0.25) is 5.02 Å². The van der Waals surface area contributed by atoms with E-state index in [-0.39, 0.29) is 0 Å². The van der Waals surface area contributed by atoms with Crippen LogP contribution >= 0.6 is 11.6 Å². The van der Waals surface area contributed by atoms with E-state index in [1.807, 2.05) is 24.3 Å². The van der Waals surface area contributed by atoms with Gasteiger partial charge in [0.05, 0.1) is 32.7 Å². The summed E-state index contributed by atoms with van der Waals surface area (Å²) >= 11 is 6.33. The summed E-state index contributed by atoms with van der Waals surface area (Å²) in [6.45, 7) is 8.40. The number of anilines is 1. The fraction of sp³-hybridized carbons (Fsp3) is 0.421. The molecule has 2 heterocycles. The molecule has 150 valence electrons. The maximum absolute atomic E-state index is 12.5. The number of fused-ring (bicyclic) bond motifs is 1. The van der Waals surface area contributed by atoms with Crippen LogP contribution in [0.25, 0.3) is 11.2 Å². The molecule has 3 rings (SSSR count). The number of hydrogen-bond donors (Lipinski definition) is 3. The SMILES string of the molecule is CC[NH+](CC)CCNc1nc2c(c(=O)[nH]c(=O)n2C)n1Cc1ccccc1Cl. The van der Waals surface area contributed by atoms with E-state index in [4.69, 9.17) is 11.6 Å². The number of hydrogen-bond acceptors (Lipinski definition) is 4. The van der Waals surface area contributed by atoms with Crippen molar-refractivity contribution < 1.29 is 4.90 Å². The molecule has 0 aliphatic rings. The fourth-order valence-corrected chi connectivity index (χ4v) is 3.47. The third-order valence-corrected chi connectivity index (χ3v) is 5.42. The molecule has 0 unspecified atom stereocenters. The summed E-state index contributed by atoms with van der Waals surface area (Å²) in [5.41, 5.74) is 0.617. The van der Waals surface area contributed by atoms with Crippen LogP contribution in [-0.2, 0) is 13.6 Å². The van der Waals surface area contributed by atoms with Gasteiger partial charge in [0, 0.05) is 12.1 Å². The molecule has 3 aromatic rings. The summed E-state index contributed by atoms with van der Waals surface area (Å²) in [6, 6.07) is 7.48. The molecular weight excluding hydrogens is 380 g/mol. The second-order valence-corrected chi connectivity index (χ2v) is 7.14. The van der Waals surface area contributed by atoms with E-state index in [1.54, 1.807) is 11.6 Å². The van der Waals surface area contributed by atoms with Crippen LogP contribution in [-0.4, -0.2) is 45.3 Å². The Morgan fingerprint density at radius 1 is 1.21 bits per heavy atom. The molecule has 8 nitrogen and oxygen atoms in total. The van der Waals surface area contributed by atoms with Gasteiger partial charge in [-0.25, -0.2) is 4.79 Å². The number of H-pyrrole nitrogens is 1. The Labute approximate surface area is 167 Å². The van der Waals surface area contributed by atoms with Crippen LogP contribution in [0.3, 0.4) is 0 Å². The molecule has 3 N–H and O–H groups in total. The predicted octanol–water partition coefficient (Wildman–Crippen LogP) is 0.462. The van der Waals surface area contributed by atoms with Crippen LogP contribution in [0.15, 0.2) is 33.9 Å². The highest BCUT2D eigenvalue weighted by Gasteiger charge is 2.18. The van der Waals surface area contributed by atoms with E-state index >= 15 is 0 Å². The Morgan fingerprint density at radius 3 is 2.61 bits per heavy atom. The standard InChI is InChI=1S/C19H25ClN6O2/c1-4-25(5-2)11-10-21-18-22-16-15(17(27)23-19(28)24(16)3)26(18)12-13-8-6-7-9-14(13)20/h6-9H,4-5,10-12H2,1-3H3,(H,21,22)(H,23,27,28)/p+1. The monoisotopic (exact) mass is 405 g/mol. The number of aryl methyl sites for hydroxylation is 1. The van der Waals surface area contributed by atoms with Crippen molar-refractivity contribution in [2.24, 2.45) is 7.05 Å². The molecule has 0 amide bonds. The zero-order valence-corrected chi connectivity index (χ0v) is 17.1. The Kier molecular flexibility index (Phi) is 6.21. The van der Waals surface area contributed by atoms with Crippen molar-refractivity contribution in [2.75, 3.05) is 31.5 Å². The summed E-state index contributed by atoms with van der Waals surface area (Å²) in [7, 11) is 1.59. The van der Waals surface area contributed by atoms with Gasteiger partial charge in [-0.15, -0.1) is 0 Å². The average Bonchev–Trinajstić information content (AvgIpc) is 3.04. The van der Waals surface area contributed by atoms with Crippen molar-refractivity contribution in [2.45, 2.75) is 20.4 Å². The van der Waals surface area contributed by atoms with Crippen LogP contribution < -0.4 is 21.5 Å². The third kappa shape index (κ3) is 3.98. The molecule has 0 saturated heterocycles. The fourth-order valence-electron chi connectivity index (χ4n) is 3.28. The van der Waals surface area contributed by atoms with Crippen molar-refractivity contribution in [3.8, 4) is 0 Å². The zero-order valence-electron chi connectivity index (χ0n) is 16.4. The minimum absolute atomic E-state index is 0.346. The smallest absolute Gasteiger partial charge is 0.329 e. The largest absolute Gasteiger partial charge is 0.350 e. The number of benzene rings is 1. The molecule has 0 aliphatic carbocycles. The summed E-state index contributed by atoms with van der Waals surface area (Å²) in [4.78, 5) is 32.9. The number of rotatable bonds is 8. The molecule has 1 aromatic carbocycles. The van der Waals surface area contributed by atoms with Crippen molar-refractivity contribution in [1.82, 2.24) is 19.1 Å². The summed E-state index contributed by atoms with van der Waals surface area (Å²) in [5, 5.41) is 3.95. The predicted molar refractivity (Wildman–Crippen MR) is 112 cm³/mol. The lowest BCUT2D eigenvalue weighted by Gasteiger charge is -2.16. The van der Waals surface area contributed by atoms with Gasteiger partial charge in [0.15, 0.2) is 11.2 Å². The van der Waals surface area contributed by atoms with Crippen LogP contribution in [0.5, 0.6) is 0 Å². The lowest BCUT2D eigenvalue weighted by Crippen LogP contribution is -3.12. The summed E-state index contributed by atoms with van der Waals surface area (Å²) < 4.78 is 3.13. The quantitative estimate of drug-likeness (QED) is 0.508. The van der Waals surface area contributed by atoms with E-state index in [2.05, 4.69) is 29.1 Å². The van der Waals surface area contributed by atoms with E-state index in [1.165, 1.54) is 9.47 Å². The lowest BCUT2D eigenvalue weighted by molar-refractivity contribution is -0.894. The molecular formula is C19H26ClN6O2+. The topological polar surface area (TPSA) is 89.2 Å². The number of imidazole rings is 1. The van der Waals surface area contributed by atoms with Gasteiger partial charge in [0.1, 0.15) is 0 Å². The van der Waals surface area contributed by atoms with Crippen molar-refractivity contribution in [3.63, 3.8) is 0 Å². The van der Waals surface area contributed by atoms with Gasteiger partial charge in [-0.3, -0.25) is 18.9 Å². The summed E-state index contributed by atoms with van der Waals surface area (Å²) in [6.07, 6.45) is 0. The first-order valence-corrected chi connectivity index (χ1v) is 9.84. The van der Waals surface area contributed by atoms with Gasteiger partial charge in [-0.2, -0.15) is 4.98 Å². The number of aromatic amines is 1. The number of quaternary nitrogens is 1. The molecule has 0 fully saturated rings. The number of halogens is 1. The first-order valence-electron chi connectivity index (χ1n) is 9.46. The van der Waals surface area contributed by atoms with E-state index in [0.717, 1.165) is 25.2 Å². The highest BCUT2D eigenvalue weighted by molar-refractivity contribution is 6.31.